The molecule has 0 atom stereocenters. The van der Waals surface area contributed by atoms with Gasteiger partial charge in [-0.1, -0.05) is 17.7 Å². The van der Waals surface area contributed by atoms with E-state index in [1.807, 2.05) is 37.3 Å². The van der Waals surface area contributed by atoms with Gasteiger partial charge >= 0.3 is 0 Å². The maximum Gasteiger partial charge on any atom is 0.258 e. The van der Waals surface area contributed by atoms with Gasteiger partial charge in [0.15, 0.2) is 0 Å². The molecule has 0 unspecified atom stereocenters. The zero-order chi connectivity index (χ0) is 22.2. The Labute approximate surface area is 186 Å². The van der Waals surface area contributed by atoms with Crippen molar-refractivity contribution in [3.63, 3.8) is 0 Å². The van der Waals surface area contributed by atoms with Crippen LogP contribution in [-0.4, -0.2) is 31.1 Å². The highest BCUT2D eigenvalue weighted by molar-refractivity contribution is 6.30. The van der Waals surface area contributed by atoms with Gasteiger partial charge in [-0.2, -0.15) is 0 Å². The van der Waals surface area contributed by atoms with E-state index in [4.69, 9.17) is 21.1 Å². The molecule has 31 heavy (non-hydrogen) atoms. The Balaban J connectivity index is 1.87. The third-order valence-corrected chi connectivity index (χ3v) is 4.65. The second-order valence-electron chi connectivity index (χ2n) is 6.63. The number of carbonyl (C=O) groups excluding carboxylic acids is 1. The van der Waals surface area contributed by atoms with Crippen LogP contribution in [0.3, 0.4) is 0 Å². The minimum absolute atomic E-state index is 0.280. The second-order valence-corrected chi connectivity index (χ2v) is 7.06. The fourth-order valence-corrected chi connectivity index (χ4v) is 3.00. The van der Waals surface area contributed by atoms with E-state index in [0.717, 1.165) is 16.9 Å². The monoisotopic (exact) mass is 438 g/mol. The lowest BCUT2D eigenvalue weighted by Gasteiger charge is -2.14. The van der Waals surface area contributed by atoms with Gasteiger partial charge in [0.2, 0.25) is 5.96 Å². The summed E-state index contributed by atoms with van der Waals surface area (Å²) in [5.74, 6) is 0.940. The van der Waals surface area contributed by atoms with Crippen LogP contribution in [0.4, 0.5) is 5.69 Å². The Morgan fingerprint density at radius 2 is 1.81 bits per heavy atom. The highest BCUT2D eigenvalue weighted by Crippen LogP contribution is 2.23. The molecule has 1 aromatic heterocycles. The second kappa shape index (κ2) is 10.4. The third-order valence-electron chi connectivity index (χ3n) is 4.41. The lowest BCUT2D eigenvalue weighted by molar-refractivity contribution is 0.0976. The summed E-state index contributed by atoms with van der Waals surface area (Å²) in [7, 11) is 3.06. The SMILES string of the molecule is COc1cc(OC)cc(C(=O)NC(=NCc2ccccn2)Nc2ccc(Cl)cc2C)c1. The lowest BCUT2D eigenvalue weighted by atomic mass is 10.2. The summed E-state index contributed by atoms with van der Waals surface area (Å²) >= 11 is 6.06. The first-order valence-electron chi connectivity index (χ1n) is 9.50. The molecule has 0 spiro atoms. The summed E-state index contributed by atoms with van der Waals surface area (Å²) in [5, 5.41) is 6.62. The number of amides is 1. The number of carbonyl (C=O) groups is 1. The highest BCUT2D eigenvalue weighted by atomic mass is 35.5. The number of aryl methyl sites for hydroxylation is 1. The molecule has 0 saturated heterocycles. The number of halogens is 1. The van der Waals surface area contributed by atoms with E-state index in [0.29, 0.717) is 22.1 Å². The molecule has 3 aromatic rings. The number of nitrogens with one attached hydrogen (secondary N) is 2. The number of ether oxygens (including phenoxy) is 2. The molecule has 0 aliphatic carbocycles. The number of benzene rings is 2. The van der Waals surface area contributed by atoms with Crippen molar-refractivity contribution in [1.29, 1.82) is 0 Å². The van der Waals surface area contributed by atoms with E-state index in [1.165, 1.54) is 14.2 Å². The minimum Gasteiger partial charge on any atom is -0.497 e. The topological polar surface area (TPSA) is 84.8 Å². The fourth-order valence-electron chi connectivity index (χ4n) is 2.78. The predicted octanol–water partition coefficient (Wildman–Crippen LogP) is 4.46. The number of anilines is 1. The molecule has 0 radical (unpaired) electrons. The van der Waals surface area contributed by atoms with Crippen molar-refractivity contribution in [2.24, 2.45) is 4.99 Å². The van der Waals surface area contributed by atoms with Crippen LogP contribution in [-0.2, 0) is 6.54 Å². The molecular formula is C23H23ClN4O3. The van der Waals surface area contributed by atoms with Crippen molar-refractivity contribution in [3.05, 3.63) is 82.6 Å². The first-order valence-corrected chi connectivity index (χ1v) is 9.88. The molecule has 0 aliphatic rings. The Hall–Kier alpha value is -3.58. The van der Waals surface area contributed by atoms with E-state index in [2.05, 4.69) is 20.6 Å². The predicted molar refractivity (Wildman–Crippen MR) is 122 cm³/mol. The zero-order valence-electron chi connectivity index (χ0n) is 17.5. The van der Waals surface area contributed by atoms with Crippen molar-refractivity contribution >= 4 is 29.2 Å². The number of hydrogen-bond acceptors (Lipinski definition) is 5. The molecule has 0 saturated carbocycles. The number of nitrogens with zero attached hydrogens (tertiary/aromatic N) is 2. The molecule has 0 aliphatic heterocycles. The maximum absolute atomic E-state index is 13.0. The third kappa shape index (κ3) is 6.20. The lowest BCUT2D eigenvalue weighted by Crippen LogP contribution is -2.36. The Morgan fingerprint density at radius 3 is 2.42 bits per heavy atom. The molecule has 8 heteroatoms. The zero-order valence-corrected chi connectivity index (χ0v) is 18.2. The van der Waals surface area contributed by atoms with Gasteiger partial charge in [0.05, 0.1) is 26.5 Å². The van der Waals surface area contributed by atoms with Gasteiger partial charge in [0, 0.05) is 28.5 Å². The molecule has 7 nitrogen and oxygen atoms in total. The van der Waals surface area contributed by atoms with E-state index >= 15 is 0 Å². The van der Waals surface area contributed by atoms with Crippen LogP contribution in [0.5, 0.6) is 11.5 Å². The summed E-state index contributed by atoms with van der Waals surface area (Å²) in [4.78, 5) is 21.7. The van der Waals surface area contributed by atoms with Crippen molar-refractivity contribution in [2.75, 3.05) is 19.5 Å². The summed E-state index contributed by atoms with van der Waals surface area (Å²) in [6, 6.07) is 16.0. The number of aliphatic imine (C=N–C) groups is 1. The van der Waals surface area contributed by atoms with Gasteiger partial charge in [-0.25, -0.2) is 4.99 Å². The molecule has 2 N–H and O–H groups in total. The first-order chi connectivity index (χ1) is 15.0. The molecule has 0 bridgehead atoms. The van der Waals surface area contributed by atoms with Gasteiger partial charge in [-0.15, -0.1) is 0 Å². The van der Waals surface area contributed by atoms with E-state index in [9.17, 15) is 4.79 Å². The number of hydrogen-bond donors (Lipinski definition) is 2. The van der Waals surface area contributed by atoms with Crippen molar-refractivity contribution in [3.8, 4) is 11.5 Å². The van der Waals surface area contributed by atoms with Gasteiger partial charge in [0.1, 0.15) is 11.5 Å². The number of guanidine groups is 1. The van der Waals surface area contributed by atoms with Crippen LogP contribution >= 0.6 is 11.6 Å². The molecule has 1 amide bonds. The van der Waals surface area contributed by atoms with E-state index < -0.39 is 0 Å². The average Bonchev–Trinajstić information content (AvgIpc) is 2.79. The van der Waals surface area contributed by atoms with Gasteiger partial charge in [-0.05, 0) is 55.0 Å². The molecular weight excluding hydrogens is 416 g/mol. The van der Waals surface area contributed by atoms with E-state index in [-0.39, 0.29) is 18.4 Å². The van der Waals surface area contributed by atoms with E-state index in [1.54, 1.807) is 30.5 Å². The minimum atomic E-state index is -0.365. The highest BCUT2D eigenvalue weighted by Gasteiger charge is 2.13. The summed E-state index contributed by atoms with van der Waals surface area (Å²) < 4.78 is 10.5. The van der Waals surface area contributed by atoms with Crippen LogP contribution in [0.25, 0.3) is 0 Å². The van der Waals surface area contributed by atoms with Crippen LogP contribution in [0.2, 0.25) is 5.02 Å². The number of pyridine rings is 1. The first kappa shape index (κ1) is 22.1. The van der Waals surface area contributed by atoms with Crippen LogP contribution in [0, 0.1) is 6.92 Å². The van der Waals surface area contributed by atoms with Crippen molar-refractivity contribution in [1.82, 2.24) is 10.3 Å². The number of aromatic nitrogens is 1. The average molecular weight is 439 g/mol. The normalized spacial score (nSPS) is 11.0. The number of methoxy groups -OCH3 is 2. The Kier molecular flexibility index (Phi) is 7.45. The molecule has 0 fully saturated rings. The molecule has 2 aromatic carbocycles. The summed E-state index contributed by atoms with van der Waals surface area (Å²) in [6.45, 7) is 2.21. The van der Waals surface area contributed by atoms with Gasteiger partial charge < -0.3 is 14.8 Å². The van der Waals surface area contributed by atoms with Crippen LogP contribution in [0.1, 0.15) is 21.6 Å². The standard InChI is InChI=1S/C23H23ClN4O3/c1-15-10-17(24)7-8-21(15)27-23(26-14-18-6-4-5-9-25-18)28-22(29)16-11-19(30-2)13-20(12-16)31-3/h4-13H,14H2,1-3H3,(H2,26,27,28,29). The van der Waals surface area contributed by atoms with Gasteiger partial charge in [0.25, 0.3) is 5.91 Å². The smallest absolute Gasteiger partial charge is 0.258 e. The van der Waals surface area contributed by atoms with Crippen molar-refractivity contribution < 1.29 is 14.3 Å². The Bertz CT molecular complexity index is 1070. The van der Waals surface area contributed by atoms with Crippen molar-refractivity contribution in [2.45, 2.75) is 13.5 Å². The fraction of sp³-hybridized carbons (Fsp3) is 0.174. The summed E-state index contributed by atoms with van der Waals surface area (Å²) in [6.07, 6.45) is 1.70. The maximum atomic E-state index is 13.0. The molecule has 1 heterocycles. The quantitative estimate of drug-likeness (QED) is 0.438. The van der Waals surface area contributed by atoms with Crippen LogP contribution < -0.4 is 20.1 Å². The Morgan fingerprint density at radius 1 is 1.06 bits per heavy atom. The van der Waals surface area contributed by atoms with Crippen LogP contribution in [0.15, 0.2) is 65.8 Å². The van der Waals surface area contributed by atoms with Gasteiger partial charge in [-0.3, -0.25) is 15.1 Å². The molecule has 160 valence electrons. The number of rotatable bonds is 6. The summed E-state index contributed by atoms with van der Waals surface area (Å²) in [5.41, 5.74) is 2.83. The molecule has 3 rings (SSSR count). The largest absolute Gasteiger partial charge is 0.497 e.